The minimum Gasteiger partial charge on any atom is -0.297 e. The van der Waals surface area contributed by atoms with Crippen molar-refractivity contribution < 1.29 is 14.0 Å². The maximum Gasteiger partial charge on any atom is 0.267 e. The molecule has 1 N–H and O–H groups in total. The predicted molar refractivity (Wildman–Crippen MR) is 93.6 cm³/mol. The SMILES string of the molecule is CC(=O)c1ccc(C(=O)Nc2ncc(Cc3ccc(F)cc3)s2)s1. The summed E-state index contributed by atoms with van der Waals surface area (Å²) in [5, 5.41) is 3.23. The Morgan fingerprint density at radius 2 is 1.79 bits per heavy atom. The molecule has 0 unspecified atom stereocenters. The molecule has 122 valence electrons. The standard InChI is InChI=1S/C17H13FN2O2S2/c1-10(21)14-6-7-15(24-14)16(22)20-17-19-9-13(23-17)8-11-2-4-12(18)5-3-11/h2-7,9H,8H2,1H3,(H,19,20,22). The van der Waals surface area contributed by atoms with E-state index in [0.29, 0.717) is 21.3 Å². The first kappa shape index (κ1) is 16.5. The van der Waals surface area contributed by atoms with E-state index in [-0.39, 0.29) is 17.5 Å². The minimum atomic E-state index is -0.282. The molecule has 2 heterocycles. The predicted octanol–water partition coefficient (Wildman–Crippen LogP) is 4.39. The summed E-state index contributed by atoms with van der Waals surface area (Å²) in [5.74, 6) is -0.609. The van der Waals surface area contributed by atoms with Crippen molar-refractivity contribution in [1.29, 1.82) is 0 Å². The van der Waals surface area contributed by atoms with Crippen LogP contribution in [-0.4, -0.2) is 16.7 Å². The van der Waals surface area contributed by atoms with Crippen LogP contribution in [0, 0.1) is 5.82 Å². The molecule has 1 aromatic carbocycles. The highest BCUT2D eigenvalue weighted by Gasteiger charge is 2.13. The molecular weight excluding hydrogens is 347 g/mol. The van der Waals surface area contributed by atoms with E-state index in [1.165, 1.54) is 30.4 Å². The van der Waals surface area contributed by atoms with E-state index in [1.54, 1.807) is 30.5 Å². The van der Waals surface area contributed by atoms with Crippen molar-refractivity contribution >= 4 is 39.5 Å². The van der Waals surface area contributed by atoms with Gasteiger partial charge in [0, 0.05) is 17.5 Å². The minimum absolute atomic E-state index is 0.0603. The largest absolute Gasteiger partial charge is 0.297 e. The molecule has 3 aromatic rings. The van der Waals surface area contributed by atoms with Crippen molar-refractivity contribution in [1.82, 2.24) is 4.98 Å². The van der Waals surface area contributed by atoms with Gasteiger partial charge in [-0.1, -0.05) is 12.1 Å². The fraction of sp³-hybridized carbons (Fsp3) is 0.118. The Balaban J connectivity index is 1.65. The molecule has 0 saturated carbocycles. The summed E-state index contributed by atoms with van der Waals surface area (Å²) < 4.78 is 12.9. The number of nitrogens with one attached hydrogen (secondary N) is 1. The Kier molecular flexibility index (Phi) is 4.82. The third kappa shape index (κ3) is 3.93. The third-order valence-electron chi connectivity index (χ3n) is 3.24. The summed E-state index contributed by atoms with van der Waals surface area (Å²) in [6, 6.07) is 9.56. The van der Waals surface area contributed by atoms with Crippen molar-refractivity contribution in [3.63, 3.8) is 0 Å². The lowest BCUT2D eigenvalue weighted by Gasteiger charge is -1.99. The average Bonchev–Trinajstić information content (AvgIpc) is 3.19. The van der Waals surface area contributed by atoms with Crippen LogP contribution in [0.15, 0.2) is 42.6 Å². The van der Waals surface area contributed by atoms with Crippen molar-refractivity contribution in [3.8, 4) is 0 Å². The van der Waals surface area contributed by atoms with Crippen LogP contribution in [0.2, 0.25) is 0 Å². The van der Waals surface area contributed by atoms with Gasteiger partial charge in [-0.25, -0.2) is 9.37 Å². The number of hydrogen-bond donors (Lipinski definition) is 1. The average molecular weight is 360 g/mol. The Hall–Kier alpha value is -2.38. The van der Waals surface area contributed by atoms with Crippen LogP contribution < -0.4 is 5.32 Å². The van der Waals surface area contributed by atoms with E-state index < -0.39 is 0 Å². The number of carbonyl (C=O) groups excluding carboxylic acids is 2. The summed E-state index contributed by atoms with van der Waals surface area (Å²) in [7, 11) is 0. The van der Waals surface area contributed by atoms with Crippen LogP contribution in [0.1, 0.15) is 36.7 Å². The number of amides is 1. The first-order valence-electron chi connectivity index (χ1n) is 7.12. The molecule has 7 heteroatoms. The maximum absolute atomic E-state index is 12.9. The number of hydrogen-bond acceptors (Lipinski definition) is 5. The van der Waals surface area contributed by atoms with Crippen LogP contribution in [0.4, 0.5) is 9.52 Å². The van der Waals surface area contributed by atoms with Gasteiger partial charge in [0.2, 0.25) is 0 Å². The second-order valence-corrected chi connectivity index (χ2v) is 7.31. The van der Waals surface area contributed by atoms with Gasteiger partial charge in [-0.2, -0.15) is 0 Å². The lowest BCUT2D eigenvalue weighted by atomic mass is 10.1. The van der Waals surface area contributed by atoms with Gasteiger partial charge in [0.1, 0.15) is 5.82 Å². The molecule has 2 aromatic heterocycles. The Labute approximate surface area is 146 Å². The number of aromatic nitrogens is 1. The van der Waals surface area contributed by atoms with Gasteiger partial charge in [-0.15, -0.1) is 22.7 Å². The molecule has 0 bridgehead atoms. The number of Topliss-reactive ketones (excluding diaryl/α,β-unsaturated/α-hetero) is 1. The zero-order valence-electron chi connectivity index (χ0n) is 12.7. The molecule has 3 rings (SSSR count). The molecule has 0 spiro atoms. The lowest BCUT2D eigenvalue weighted by molar-refractivity contribution is 0.101. The highest BCUT2D eigenvalue weighted by Crippen LogP contribution is 2.23. The number of thiazole rings is 1. The van der Waals surface area contributed by atoms with Gasteiger partial charge in [0.15, 0.2) is 10.9 Å². The number of anilines is 1. The second-order valence-electron chi connectivity index (χ2n) is 5.11. The first-order valence-corrected chi connectivity index (χ1v) is 8.76. The molecule has 0 saturated heterocycles. The van der Waals surface area contributed by atoms with Gasteiger partial charge >= 0.3 is 0 Å². The number of carbonyl (C=O) groups is 2. The number of benzene rings is 1. The fourth-order valence-electron chi connectivity index (χ4n) is 2.06. The smallest absolute Gasteiger partial charge is 0.267 e. The van der Waals surface area contributed by atoms with Crippen LogP contribution in [0.3, 0.4) is 0 Å². The molecule has 24 heavy (non-hydrogen) atoms. The van der Waals surface area contributed by atoms with E-state index in [4.69, 9.17) is 0 Å². The summed E-state index contributed by atoms with van der Waals surface area (Å²) in [4.78, 5) is 29.6. The van der Waals surface area contributed by atoms with Gasteiger partial charge in [-0.3, -0.25) is 14.9 Å². The van der Waals surface area contributed by atoms with Crippen molar-refractivity contribution in [2.24, 2.45) is 0 Å². The highest BCUT2D eigenvalue weighted by molar-refractivity contribution is 7.17. The van der Waals surface area contributed by atoms with Crippen LogP contribution >= 0.6 is 22.7 Å². The zero-order chi connectivity index (χ0) is 17.1. The van der Waals surface area contributed by atoms with E-state index in [2.05, 4.69) is 10.3 Å². The number of rotatable bonds is 5. The number of ketones is 1. The third-order valence-corrected chi connectivity index (χ3v) is 5.34. The summed E-state index contributed by atoms with van der Waals surface area (Å²) in [6.45, 7) is 1.47. The molecule has 0 fully saturated rings. The molecular formula is C17H13FN2O2S2. The number of thiophene rings is 1. The molecule has 4 nitrogen and oxygen atoms in total. The zero-order valence-corrected chi connectivity index (χ0v) is 14.3. The molecule has 0 atom stereocenters. The highest BCUT2D eigenvalue weighted by atomic mass is 32.1. The molecule has 0 aliphatic carbocycles. The Bertz CT molecular complexity index is 884. The molecule has 1 amide bonds. The van der Waals surface area contributed by atoms with E-state index in [9.17, 15) is 14.0 Å². The van der Waals surface area contributed by atoms with Crippen molar-refractivity contribution in [3.05, 3.63) is 68.6 Å². The normalized spacial score (nSPS) is 10.6. The molecule has 0 aliphatic rings. The van der Waals surface area contributed by atoms with Crippen molar-refractivity contribution in [2.75, 3.05) is 5.32 Å². The van der Waals surface area contributed by atoms with Gasteiger partial charge in [0.25, 0.3) is 5.91 Å². The number of nitrogens with zero attached hydrogens (tertiary/aromatic N) is 1. The maximum atomic E-state index is 12.9. The Morgan fingerprint density at radius 3 is 2.46 bits per heavy atom. The summed E-state index contributed by atoms with van der Waals surface area (Å²) in [6.07, 6.45) is 2.32. The topological polar surface area (TPSA) is 59.1 Å². The van der Waals surface area contributed by atoms with E-state index in [0.717, 1.165) is 21.8 Å². The lowest BCUT2D eigenvalue weighted by Crippen LogP contribution is -2.09. The quantitative estimate of drug-likeness (QED) is 0.687. The summed E-state index contributed by atoms with van der Waals surface area (Å²) >= 11 is 2.53. The monoisotopic (exact) mass is 360 g/mol. The van der Waals surface area contributed by atoms with Crippen LogP contribution in [0.25, 0.3) is 0 Å². The van der Waals surface area contributed by atoms with Gasteiger partial charge in [0.05, 0.1) is 9.75 Å². The molecule has 0 radical (unpaired) electrons. The summed E-state index contributed by atoms with van der Waals surface area (Å²) in [5.41, 5.74) is 0.974. The number of halogens is 1. The van der Waals surface area contributed by atoms with E-state index >= 15 is 0 Å². The second kappa shape index (κ2) is 7.02. The van der Waals surface area contributed by atoms with Crippen molar-refractivity contribution in [2.45, 2.75) is 13.3 Å². The Morgan fingerprint density at radius 1 is 1.08 bits per heavy atom. The fourth-order valence-corrected chi connectivity index (χ4v) is 3.70. The van der Waals surface area contributed by atoms with Gasteiger partial charge < -0.3 is 0 Å². The first-order chi connectivity index (χ1) is 11.5. The van der Waals surface area contributed by atoms with Crippen LogP contribution in [-0.2, 0) is 6.42 Å². The van der Waals surface area contributed by atoms with Gasteiger partial charge in [-0.05, 0) is 36.8 Å². The van der Waals surface area contributed by atoms with E-state index in [1.807, 2.05) is 0 Å². The molecule has 0 aliphatic heterocycles. The van der Waals surface area contributed by atoms with Crippen LogP contribution in [0.5, 0.6) is 0 Å².